The van der Waals surface area contributed by atoms with E-state index in [-0.39, 0.29) is 22.4 Å². The highest BCUT2D eigenvalue weighted by molar-refractivity contribution is 7.89. The van der Waals surface area contributed by atoms with Gasteiger partial charge in [0.15, 0.2) is 0 Å². The van der Waals surface area contributed by atoms with E-state index in [1.165, 1.54) is 28.6 Å². The summed E-state index contributed by atoms with van der Waals surface area (Å²) < 4.78 is 54.7. The zero-order chi connectivity index (χ0) is 20.4. The Labute approximate surface area is 171 Å². The van der Waals surface area contributed by atoms with E-state index in [1.54, 1.807) is 24.3 Å². The van der Waals surface area contributed by atoms with Crippen molar-refractivity contribution < 1.29 is 16.8 Å². The van der Waals surface area contributed by atoms with E-state index in [0.717, 1.165) is 19.3 Å². The SMILES string of the molecule is C[C@H]1CCCCN1S(=O)(=O)c1ccc(S(=O)(=O)NCc2ccccc2Cl)cc1. The maximum Gasteiger partial charge on any atom is 0.243 e. The molecule has 28 heavy (non-hydrogen) atoms. The van der Waals surface area contributed by atoms with E-state index in [0.29, 0.717) is 17.1 Å². The first-order chi connectivity index (χ1) is 13.2. The Kier molecular flexibility index (Phi) is 6.46. The first kappa shape index (κ1) is 21.3. The number of nitrogens with zero attached hydrogens (tertiary/aromatic N) is 1. The second kappa shape index (κ2) is 8.51. The van der Waals surface area contributed by atoms with Gasteiger partial charge in [0.05, 0.1) is 9.79 Å². The van der Waals surface area contributed by atoms with E-state index in [2.05, 4.69) is 4.72 Å². The van der Waals surface area contributed by atoms with Crippen LogP contribution in [0.1, 0.15) is 31.7 Å². The smallest absolute Gasteiger partial charge is 0.207 e. The van der Waals surface area contributed by atoms with E-state index in [9.17, 15) is 16.8 Å². The summed E-state index contributed by atoms with van der Waals surface area (Å²) >= 11 is 6.05. The molecule has 0 radical (unpaired) electrons. The van der Waals surface area contributed by atoms with Gasteiger partial charge in [-0.3, -0.25) is 0 Å². The molecule has 152 valence electrons. The molecule has 1 aliphatic rings. The van der Waals surface area contributed by atoms with Gasteiger partial charge in [0.1, 0.15) is 0 Å². The van der Waals surface area contributed by atoms with Crippen molar-refractivity contribution in [2.24, 2.45) is 0 Å². The minimum Gasteiger partial charge on any atom is -0.207 e. The maximum absolute atomic E-state index is 12.9. The van der Waals surface area contributed by atoms with Crippen LogP contribution >= 0.6 is 11.6 Å². The normalized spacial score (nSPS) is 18.9. The first-order valence-electron chi connectivity index (χ1n) is 9.07. The van der Waals surface area contributed by atoms with Crippen molar-refractivity contribution in [1.82, 2.24) is 9.03 Å². The largest absolute Gasteiger partial charge is 0.243 e. The zero-order valence-corrected chi connectivity index (χ0v) is 17.9. The Bertz CT molecular complexity index is 1040. The van der Waals surface area contributed by atoms with Gasteiger partial charge in [-0.05, 0) is 55.7 Å². The number of sulfonamides is 2. The highest BCUT2D eigenvalue weighted by atomic mass is 35.5. The van der Waals surface area contributed by atoms with Crippen LogP contribution in [0.5, 0.6) is 0 Å². The molecule has 0 aromatic heterocycles. The van der Waals surface area contributed by atoms with Crippen molar-refractivity contribution in [3.05, 3.63) is 59.1 Å². The average Bonchev–Trinajstić information content (AvgIpc) is 2.68. The van der Waals surface area contributed by atoms with Crippen molar-refractivity contribution in [3.63, 3.8) is 0 Å². The molecule has 1 aliphatic heterocycles. The van der Waals surface area contributed by atoms with Gasteiger partial charge in [-0.1, -0.05) is 36.2 Å². The van der Waals surface area contributed by atoms with Gasteiger partial charge in [0.25, 0.3) is 0 Å². The van der Waals surface area contributed by atoms with Gasteiger partial charge in [-0.2, -0.15) is 4.31 Å². The Morgan fingerprint density at radius 2 is 1.64 bits per heavy atom. The van der Waals surface area contributed by atoms with Crippen molar-refractivity contribution >= 4 is 31.6 Å². The average molecular weight is 443 g/mol. The molecule has 0 amide bonds. The fourth-order valence-electron chi connectivity index (χ4n) is 3.25. The summed E-state index contributed by atoms with van der Waals surface area (Å²) in [5.74, 6) is 0. The van der Waals surface area contributed by atoms with Crippen LogP contribution in [-0.2, 0) is 26.6 Å². The van der Waals surface area contributed by atoms with Gasteiger partial charge < -0.3 is 0 Å². The highest BCUT2D eigenvalue weighted by Gasteiger charge is 2.31. The monoisotopic (exact) mass is 442 g/mol. The molecule has 1 fully saturated rings. The predicted octanol–water partition coefficient (Wildman–Crippen LogP) is 3.38. The molecule has 1 N–H and O–H groups in total. The van der Waals surface area contributed by atoms with Crippen LogP contribution in [-0.4, -0.2) is 33.7 Å². The summed E-state index contributed by atoms with van der Waals surface area (Å²) in [6.07, 6.45) is 2.68. The van der Waals surface area contributed by atoms with E-state index in [1.807, 2.05) is 6.92 Å². The van der Waals surface area contributed by atoms with E-state index < -0.39 is 20.0 Å². The summed E-state index contributed by atoms with van der Waals surface area (Å²) in [6.45, 7) is 2.43. The molecule has 0 unspecified atom stereocenters. The molecule has 6 nitrogen and oxygen atoms in total. The lowest BCUT2D eigenvalue weighted by molar-refractivity contribution is 0.268. The molecule has 0 aliphatic carbocycles. The first-order valence-corrected chi connectivity index (χ1v) is 12.4. The molecule has 3 rings (SSSR count). The second-order valence-corrected chi connectivity index (χ2v) is 10.9. The lowest BCUT2D eigenvalue weighted by atomic mass is 10.1. The van der Waals surface area contributed by atoms with Crippen molar-refractivity contribution in [2.75, 3.05) is 6.54 Å². The van der Waals surface area contributed by atoms with Crippen LogP contribution in [0, 0.1) is 0 Å². The zero-order valence-electron chi connectivity index (χ0n) is 15.5. The number of hydrogen-bond donors (Lipinski definition) is 1. The molecule has 0 bridgehead atoms. The predicted molar refractivity (Wildman–Crippen MR) is 109 cm³/mol. The van der Waals surface area contributed by atoms with Crippen LogP contribution in [0.15, 0.2) is 58.3 Å². The summed E-state index contributed by atoms with van der Waals surface area (Å²) in [5, 5.41) is 0.474. The van der Waals surface area contributed by atoms with Gasteiger partial charge in [0, 0.05) is 24.2 Å². The topological polar surface area (TPSA) is 83.6 Å². The van der Waals surface area contributed by atoms with Gasteiger partial charge in [-0.25, -0.2) is 21.6 Å². The minimum absolute atomic E-state index is 0.00481. The number of nitrogens with one attached hydrogen (secondary N) is 1. The van der Waals surface area contributed by atoms with Crippen LogP contribution in [0.25, 0.3) is 0 Å². The Hall–Kier alpha value is -1.45. The molecule has 2 aromatic rings. The van der Waals surface area contributed by atoms with Gasteiger partial charge in [-0.15, -0.1) is 0 Å². The van der Waals surface area contributed by atoms with Crippen molar-refractivity contribution in [1.29, 1.82) is 0 Å². The molecule has 1 heterocycles. The molecule has 1 atom stereocenters. The second-order valence-electron chi connectivity index (χ2n) is 6.85. The molecule has 0 saturated carbocycles. The molecule has 2 aromatic carbocycles. The number of piperidine rings is 1. The van der Waals surface area contributed by atoms with E-state index >= 15 is 0 Å². The highest BCUT2D eigenvalue weighted by Crippen LogP contribution is 2.26. The Balaban J connectivity index is 1.77. The lowest BCUT2D eigenvalue weighted by Gasteiger charge is -2.32. The van der Waals surface area contributed by atoms with Crippen LogP contribution < -0.4 is 4.72 Å². The van der Waals surface area contributed by atoms with Crippen LogP contribution in [0.2, 0.25) is 5.02 Å². The molecular weight excluding hydrogens is 420 g/mol. The lowest BCUT2D eigenvalue weighted by Crippen LogP contribution is -2.41. The summed E-state index contributed by atoms with van der Waals surface area (Å²) in [6, 6.07) is 12.2. The maximum atomic E-state index is 12.9. The third-order valence-electron chi connectivity index (χ3n) is 4.89. The molecular formula is C19H23ClN2O4S2. The Morgan fingerprint density at radius 3 is 2.29 bits per heavy atom. The number of rotatable bonds is 6. The number of benzene rings is 2. The third kappa shape index (κ3) is 4.58. The fourth-order valence-corrected chi connectivity index (χ4v) is 6.16. The molecule has 0 spiro atoms. The van der Waals surface area contributed by atoms with Gasteiger partial charge >= 0.3 is 0 Å². The molecule has 1 saturated heterocycles. The third-order valence-corrected chi connectivity index (χ3v) is 8.71. The van der Waals surface area contributed by atoms with Crippen molar-refractivity contribution in [2.45, 2.75) is 48.6 Å². The van der Waals surface area contributed by atoms with Gasteiger partial charge in [0.2, 0.25) is 20.0 Å². The van der Waals surface area contributed by atoms with Crippen molar-refractivity contribution in [3.8, 4) is 0 Å². The number of halogens is 1. The van der Waals surface area contributed by atoms with Crippen LogP contribution in [0.4, 0.5) is 0 Å². The van der Waals surface area contributed by atoms with E-state index in [4.69, 9.17) is 11.6 Å². The standard InChI is InChI=1S/C19H23ClN2O4S2/c1-15-6-4-5-13-22(15)28(25,26)18-11-9-17(10-12-18)27(23,24)21-14-16-7-2-3-8-19(16)20/h2-3,7-12,15,21H,4-6,13-14H2,1H3/t15-/m0/s1. The summed E-state index contributed by atoms with van der Waals surface area (Å²) in [5.41, 5.74) is 0.658. The summed E-state index contributed by atoms with van der Waals surface area (Å²) in [4.78, 5) is 0.108. The van der Waals surface area contributed by atoms with Crippen LogP contribution in [0.3, 0.4) is 0 Å². The summed E-state index contributed by atoms with van der Waals surface area (Å²) in [7, 11) is -7.42. The fraction of sp³-hybridized carbons (Fsp3) is 0.368. The quantitative estimate of drug-likeness (QED) is 0.743. The number of hydrogen-bond acceptors (Lipinski definition) is 4. The molecule has 9 heteroatoms. The Morgan fingerprint density at radius 1 is 1.00 bits per heavy atom. The minimum atomic E-state index is -3.79.